The third-order valence-electron chi connectivity index (χ3n) is 1.51. The highest BCUT2D eigenvalue weighted by Gasteiger charge is 2.01. The SMILES string of the molecule is C#CCCn1cc(Br)cc(Br)c1=O. The highest BCUT2D eigenvalue weighted by Crippen LogP contribution is 2.12. The lowest BCUT2D eigenvalue weighted by molar-refractivity contribution is 0.684. The number of aromatic nitrogens is 1. The van der Waals surface area contributed by atoms with Gasteiger partial charge in [0.25, 0.3) is 5.56 Å². The Morgan fingerprint density at radius 1 is 1.54 bits per heavy atom. The maximum absolute atomic E-state index is 11.5. The van der Waals surface area contributed by atoms with E-state index in [1.807, 2.05) is 0 Å². The van der Waals surface area contributed by atoms with Gasteiger partial charge in [-0.2, -0.15) is 0 Å². The van der Waals surface area contributed by atoms with Crippen molar-refractivity contribution in [2.45, 2.75) is 13.0 Å². The summed E-state index contributed by atoms with van der Waals surface area (Å²) in [5, 5.41) is 0. The average molecular weight is 305 g/mol. The zero-order chi connectivity index (χ0) is 9.84. The molecule has 1 heterocycles. The van der Waals surface area contributed by atoms with Gasteiger partial charge in [0.2, 0.25) is 0 Å². The topological polar surface area (TPSA) is 22.0 Å². The molecule has 0 fully saturated rings. The van der Waals surface area contributed by atoms with Crippen LogP contribution < -0.4 is 5.56 Å². The summed E-state index contributed by atoms with van der Waals surface area (Å²) in [5.41, 5.74) is -0.0570. The van der Waals surface area contributed by atoms with Crippen molar-refractivity contribution in [3.63, 3.8) is 0 Å². The predicted octanol–water partition coefficient (Wildman–Crippen LogP) is 2.40. The van der Waals surface area contributed by atoms with Crippen molar-refractivity contribution in [3.8, 4) is 12.3 Å². The standard InChI is InChI=1S/C9H7Br2NO/c1-2-3-4-12-6-7(10)5-8(11)9(12)13/h1,5-6H,3-4H2. The number of hydrogen-bond acceptors (Lipinski definition) is 1. The predicted molar refractivity (Wildman–Crippen MR) is 59.6 cm³/mol. The summed E-state index contributed by atoms with van der Waals surface area (Å²) in [6.45, 7) is 0.549. The van der Waals surface area contributed by atoms with Crippen LogP contribution in [0, 0.1) is 12.3 Å². The Kier molecular flexibility index (Phi) is 3.76. The van der Waals surface area contributed by atoms with Crippen molar-refractivity contribution < 1.29 is 0 Å². The molecule has 0 spiro atoms. The van der Waals surface area contributed by atoms with Crippen molar-refractivity contribution in [3.05, 3.63) is 31.6 Å². The van der Waals surface area contributed by atoms with Gasteiger partial charge in [-0.3, -0.25) is 4.79 Å². The van der Waals surface area contributed by atoms with Crippen molar-refractivity contribution in [2.24, 2.45) is 0 Å². The molecule has 0 bridgehead atoms. The Balaban J connectivity index is 3.07. The number of halogens is 2. The molecular weight excluding hydrogens is 298 g/mol. The van der Waals surface area contributed by atoms with E-state index < -0.39 is 0 Å². The van der Waals surface area contributed by atoms with Crippen LogP contribution in [0.2, 0.25) is 0 Å². The van der Waals surface area contributed by atoms with Crippen LogP contribution >= 0.6 is 31.9 Å². The van der Waals surface area contributed by atoms with E-state index in [1.165, 1.54) is 0 Å². The first-order valence-electron chi connectivity index (χ1n) is 3.64. The molecule has 4 heteroatoms. The molecule has 2 nitrogen and oxygen atoms in total. The summed E-state index contributed by atoms with van der Waals surface area (Å²) in [6, 6.07) is 1.72. The second-order valence-corrected chi connectivity index (χ2v) is 4.23. The van der Waals surface area contributed by atoms with Gasteiger partial charge in [-0.25, -0.2) is 0 Å². The molecule has 0 aliphatic rings. The summed E-state index contributed by atoms with van der Waals surface area (Å²) in [5.74, 6) is 2.49. The molecule has 0 N–H and O–H groups in total. The summed E-state index contributed by atoms with van der Waals surface area (Å²) >= 11 is 6.47. The molecule has 0 aliphatic heterocycles. The molecule has 0 aromatic carbocycles. The molecule has 0 aliphatic carbocycles. The first kappa shape index (κ1) is 10.6. The third kappa shape index (κ3) is 2.71. The number of terminal acetylenes is 1. The van der Waals surface area contributed by atoms with Gasteiger partial charge >= 0.3 is 0 Å². The fourth-order valence-corrected chi connectivity index (χ4v) is 2.17. The minimum absolute atomic E-state index is 0.0570. The van der Waals surface area contributed by atoms with E-state index in [1.54, 1.807) is 16.8 Å². The highest BCUT2D eigenvalue weighted by molar-refractivity contribution is 9.11. The quantitative estimate of drug-likeness (QED) is 0.769. The summed E-state index contributed by atoms with van der Waals surface area (Å²) in [6.07, 6.45) is 7.40. The van der Waals surface area contributed by atoms with Crippen LogP contribution in [-0.2, 0) is 6.54 Å². The van der Waals surface area contributed by atoms with Crippen LogP contribution in [0.5, 0.6) is 0 Å². The lowest BCUT2D eigenvalue weighted by Gasteiger charge is -2.03. The van der Waals surface area contributed by atoms with Crippen LogP contribution in [0.4, 0.5) is 0 Å². The van der Waals surface area contributed by atoms with Crippen LogP contribution in [0.1, 0.15) is 6.42 Å². The van der Waals surface area contributed by atoms with Crippen LogP contribution in [0.25, 0.3) is 0 Å². The van der Waals surface area contributed by atoms with E-state index in [0.29, 0.717) is 17.4 Å². The molecule has 0 atom stereocenters. The number of rotatable bonds is 2. The molecular formula is C9H7Br2NO. The van der Waals surface area contributed by atoms with Gasteiger partial charge in [-0.05, 0) is 37.9 Å². The molecule has 1 rings (SSSR count). The van der Waals surface area contributed by atoms with E-state index in [9.17, 15) is 4.79 Å². The lowest BCUT2D eigenvalue weighted by Crippen LogP contribution is -2.19. The molecule has 0 saturated carbocycles. The smallest absolute Gasteiger partial charge is 0.264 e. The van der Waals surface area contributed by atoms with Gasteiger partial charge < -0.3 is 4.57 Å². The third-order valence-corrected chi connectivity index (χ3v) is 2.51. The maximum atomic E-state index is 11.5. The number of hydrogen-bond donors (Lipinski definition) is 0. The monoisotopic (exact) mass is 303 g/mol. The molecule has 0 saturated heterocycles. The Labute approximate surface area is 93.2 Å². The first-order valence-corrected chi connectivity index (χ1v) is 5.22. The van der Waals surface area contributed by atoms with Gasteiger partial charge in [0.1, 0.15) is 0 Å². The largest absolute Gasteiger partial charge is 0.312 e. The Morgan fingerprint density at radius 2 is 2.23 bits per heavy atom. The Hall–Kier alpha value is -0.530. The fraction of sp³-hybridized carbons (Fsp3) is 0.222. The van der Waals surface area contributed by atoms with Gasteiger partial charge in [0, 0.05) is 23.6 Å². The minimum atomic E-state index is -0.0570. The van der Waals surface area contributed by atoms with Crippen molar-refractivity contribution in [1.82, 2.24) is 4.57 Å². The Morgan fingerprint density at radius 3 is 2.85 bits per heavy atom. The van der Waals surface area contributed by atoms with Gasteiger partial charge in [0.15, 0.2) is 0 Å². The molecule has 0 radical (unpaired) electrons. The molecule has 13 heavy (non-hydrogen) atoms. The average Bonchev–Trinajstić information content (AvgIpc) is 2.09. The second kappa shape index (κ2) is 4.64. The normalized spacial score (nSPS) is 9.62. The fourth-order valence-electron chi connectivity index (χ4n) is 0.916. The molecule has 1 aromatic rings. The molecule has 0 amide bonds. The second-order valence-electron chi connectivity index (χ2n) is 2.46. The van der Waals surface area contributed by atoms with Crippen LogP contribution in [0.15, 0.2) is 26.0 Å². The van der Waals surface area contributed by atoms with E-state index in [0.717, 1.165) is 4.47 Å². The summed E-state index contributed by atoms with van der Waals surface area (Å²) in [4.78, 5) is 11.5. The minimum Gasteiger partial charge on any atom is -0.312 e. The van der Waals surface area contributed by atoms with Crippen molar-refractivity contribution in [1.29, 1.82) is 0 Å². The van der Waals surface area contributed by atoms with Crippen LogP contribution in [-0.4, -0.2) is 4.57 Å². The van der Waals surface area contributed by atoms with Gasteiger partial charge in [-0.1, -0.05) is 0 Å². The van der Waals surface area contributed by atoms with E-state index in [-0.39, 0.29) is 5.56 Å². The lowest BCUT2D eigenvalue weighted by atomic mass is 10.4. The molecule has 68 valence electrons. The zero-order valence-corrected chi connectivity index (χ0v) is 9.93. The zero-order valence-electron chi connectivity index (χ0n) is 6.76. The van der Waals surface area contributed by atoms with Crippen molar-refractivity contribution >= 4 is 31.9 Å². The highest BCUT2D eigenvalue weighted by atomic mass is 79.9. The molecule has 1 aromatic heterocycles. The van der Waals surface area contributed by atoms with E-state index in [2.05, 4.69) is 37.8 Å². The van der Waals surface area contributed by atoms with Gasteiger partial charge in [-0.15, -0.1) is 12.3 Å². The number of pyridine rings is 1. The van der Waals surface area contributed by atoms with Crippen molar-refractivity contribution in [2.75, 3.05) is 0 Å². The number of aryl methyl sites for hydroxylation is 1. The van der Waals surface area contributed by atoms with Gasteiger partial charge in [0.05, 0.1) is 4.47 Å². The first-order chi connectivity index (χ1) is 6.15. The van der Waals surface area contributed by atoms with E-state index in [4.69, 9.17) is 6.42 Å². The molecule has 0 unspecified atom stereocenters. The van der Waals surface area contributed by atoms with Crippen LogP contribution in [0.3, 0.4) is 0 Å². The van der Waals surface area contributed by atoms with E-state index >= 15 is 0 Å². The summed E-state index contributed by atoms with van der Waals surface area (Å²) < 4.78 is 2.98. The Bertz CT molecular complexity index is 403. The summed E-state index contributed by atoms with van der Waals surface area (Å²) in [7, 11) is 0. The maximum Gasteiger partial charge on any atom is 0.264 e. The number of nitrogens with zero attached hydrogens (tertiary/aromatic N) is 1.